The minimum Gasteiger partial charge on any atom is -0.385 e. The maximum Gasteiger partial charge on any atom is 0.224 e. The van der Waals surface area contributed by atoms with Crippen molar-refractivity contribution < 1.29 is 4.74 Å². The van der Waals surface area contributed by atoms with Gasteiger partial charge in [0.25, 0.3) is 0 Å². The zero-order valence-corrected chi connectivity index (χ0v) is 15.0. The third-order valence-corrected chi connectivity index (χ3v) is 4.23. The predicted octanol–water partition coefficient (Wildman–Crippen LogP) is 1.96. The van der Waals surface area contributed by atoms with Gasteiger partial charge in [-0.15, -0.1) is 0 Å². The van der Waals surface area contributed by atoms with Crippen LogP contribution < -0.4 is 15.1 Å². The lowest BCUT2D eigenvalue weighted by atomic mass is 10.3. The summed E-state index contributed by atoms with van der Waals surface area (Å²) in [6.07, 6.45) is 2.78. The number of ether oxygens (including phenoxy) is 1. The largest absolute Gasteiger partial charge is 0.385 e. The molecule has 134 valence electrons. The van der Waals surface area contributed by atoms with Crippen LogP contribution in [0.15, 0.2) is 30.5 Å². The zero-order valence-electron chi connectivity index (χ0n) is 15.0. The van der Waals surface area contributed by atoms with Gasteiger partial charge < -0.3 is 19.9 Å². The van der Waals surface area contributed by atoms with E-state index in [-0.39, 0.29) is 0 Å². The van der Waals surface area contributed by atoms with E-state index in [0.29, 0.717) is 5.95 Å². The van der Waals surface area contributed by atoms with Crippen LogP contribution in [-0.2, 0) is 4.74 Å². The van der Waals surface area contributed by atoms with E-state index < -0.39 is 0 Å². The van der Waals surface area contributed by atoms with Crippen LogP contribution >= 0.6 is 0 Å². The summed E-state index contributed by atoms with van der Waals surface area (Å²) in [7, 11) is 1.71. The van der Waals surface area contributed by atoms with E-state index in [1.54, 1.807) is 7.11 Å². The molecule has 25 heavy (non-hydrogen) atoms. The highest BCUT2D eigenvalue weighted by Crippen LogP contribution is 2.19. The Morgan fingerprint density at radius 3 is 2.52 bits per heavy atom. The number of aromatic nitrogens is 3. The summed E-state index contributed by atoms with van der Waals surface area (Å²) in [5.74, 6) is 2.72. The molecule has 1 fully saturated rings. The van der Waals surface area contributed by atoms with Gasteiger partial charge in [0.1, 0.15) is 11.6 Å². The van der Waals surface area contributed by atoms with Gasteiger partial charge in [0.15, 0.2) is 0 Å². The van der Waals surface area contributed by atoms with E-state index in [1.165, 1.54) is 0 Å². The molecule has 0 bridgehead atoms. The van der Waals surface area contributed by atoms with Crippen LogP contribution in [0.25, 0.3) is 0 Å². The minimum absolute atomic E-state index is 0.693. The van der Waals surface area contributed by atoms with Crippen LogP contribution in [0.1, 0.15) is 12.1 Å². The molecule has 1 saturated heterocycles. The second-order valence-corrected chi connectivity index (χ2v) is 6.13. The van der Waals surface area contributed by atoms with Crippen LogP contribution in [0, 0.1) is 6.92 Å². The Morgan fingerprint density at radius 2 is 1.84 bits per heavy atom. The first kappa shape index (κ1) is 17.4. The molecule has 3 rings (SSSR count). The van der Waals surface area contributed by atoms with Crippen molar-refractivity contribution in [2.24, 2.45) is 0 Å². The number of hydrogen-bond acceptors (Lipinski definition) is 7. The fourth-order valence-electron chi connectivity index (χ4n) is 2.92. The molecule has 0 aromatic carbocycles. The summed E-state index contributed by atoms with van der Waals surface area (Å²) in [6.45, 7) is 7.29. The topological polar surface area (TPSA) is 66.4 Å². The Bertz CT molecular complexity index is 658. The summed E-state index contributed by atoms with van der Waals surface area (Å²) in [5, 5.41) is 3.29. The number of nitrogens with one attached hydrogen (secondary N) is 1. The monoisotopic (exact) mass is 342 g/mol. The quantitative estimate of drug-likeness (QED) is 0.772. The maximum atomic E-state index is 5.07. The van der Waals surface area contributed by atoms with E-state index in [9.17, 15) is 0 Å². The van der Waals surface area contributed by atoms with Crippen LogP contribution in [0.5, 0.6) is 0 Å². The maximum absolute atomic E-state index is 5.07. The van der Waals surface area contributed by atoms with E-state index in [2.05, 4.69) is 42.2 Å². The average Bonchev–Trinajstić information content (AvgIpc) is 2.66. The summed E-state index contributed by atoms with van der Waals surface area (Å²) in [4.78, 5) is 18.2. The second-order valence-electron chi connectivity index (χ2n) is 6.13. The normalized spacial score (nSPS) is 14.6. The van der Waals surface area contributed by atoms with Gasteiger partial charge in [0, 0.05) is 64.4 Å². The minimum atomic E-state index is 0.693. The number of rotatable bonds is 7. The molecule has 2 aromatic rings. The van der Waals surface area contributed by atoms with Crippen LogP contribution in [-0.4, -0.2) is 61.4 Å². The van der Waals surface area contributed by atoms with Crippen molar-refractivity contribution in [1.82, 2.24) is 15.0 Å². The second kappa shape index (κ2) is 8.62. The molecule has 0 aliphatic carbocycles. The molecule has 1 aliphatic rings. The first-order valence-corrected chi connectivity index (χ1v) is 8.75. The predicted molar refractivity (Wildman–Crippen MR) is 100 cm³/mol. The van der Waals surface area contributed by atoms with Crippen LogP contribution in [0.4, 0.5) is 17.6 Å². The molecule has 0 unspecified atom stereocenters. The molecule has 7 nitrogen and oxygen atoms in total. The Kier molecular flexibility index (Phi) is 6.00. The van der Waals surface area contributed by atoms with Gasteiger partial charge in [0.05, 0.1) is 0 Å². The number of pyridine rings is 1. The summed E-state index contributed by atoms with van der Waals surface area (Å²) in [6, 6.07) is 8.10. The number of nitrogens with zero attached hydrogens (tertiary/aromatic N) is 5. The van der Waals surface area contributed by atoms with Gasteiger partial charge >= 0.3 is 0 Å². The van der Waals surface area contributed by atoms with E-state index >= 15 is 0 Å². The molecule has 0 saturated carbocycles. The molecule has 0 amide bonds. The highest BCUT2D eigenvalue weighted by atomic mass is 16.5. The third-order valence-electron chi connectivity index (χ3n) is 4.23. The smallest absolute Gasteiger partial charge is 0.224 e. The van der Waals surface area contributed by atoms with E-state index in [0.717, 1.165) is 63.1 Å². The Hall–Kier alpha value is -2.41. The third kappa shape index (κ3) is 4.79. The Balaban J connectivity index is 1.60. The fraction of sp³-hybridized carbons (Fsp3) is 0.500. The Labute approximate surface area is 149 Å². The number of methoxy groups -OCH3 is 1. The van der Waals surface area contributed by atoms with Crippen LogP contribution in [0.3, 0.4) is 0 Å². The molecule has 0 radical (unpaired) electrons. The lowest BCUT2D eigenvalue weighted by Crippen LogP contribution is -2.47. The standard InChI is InChI=1S/C18H26N6O/c1-15-14-17(22-18(21-15)20-8-5-13-25-2)24-11-9-23(10-12-24)16-6-3-4-7-19-16/h3-4,6-7,14H,5,8-13H2,1-2H3,(H,20,21,22). The van der Waals surface area contributed by atoms with Crippen molar-refractivity contribution in [2.75, 3.05) is 61.6 Å². The van der Waals surface area contributed by atoms with E-state index in [4.69, 9.17) is 4.74 Å². The van der Waals surface area contributed by atoms with Crippen molar-refractivity contribution in [3.05, 3.63) is 36.2 Å². The van der Waals surface area contributed by atoms with Gasteiger partial charge in [-0.25, -0.2) is 9.97 Å². The first-order chi connectivity index (χ1) is 12.3. The van der Waals surface area contributed by atoms with Gasteiger partial charge in [-0.3, -0.25) is 0 Å². The van der Waals surface area contributed by atoms with Crippen LogP contribution in [0.2, 0.25) is 0 Å². The first-order valence-electron chi connectivity index (χ1n) is 8.75. The van der Waals surface area contributed by atoms with E-state index in [1.807, 2.05) is 25.3 Å². The molecule has 1 N–H and O–H groups in total. The number of hydrogen-bond donors (Lipinski definition) is 1. The Morgan fingerprint density at radius 1 is 1.08 bits per heavy atom. The van der Waals surface area contributed by atoms with Crippen molar-refractivity contribution in [1.29, 1.82) is 0 Å². The van der Waals surface area contributed by atoms with Crippen molar-refractivity contribution >= 4 is 17.6 Å². The number of aryl methyl sites for hydroxylation is 1. The highest BCUT2D eigenvalue weighted by Gasteiger charge is 2.19. The van der Waals surface area contributed by atoms with Crippen molar-refractivity contribution in [3.8, 4) is 0 Å². The van der Waals surface area contributed by atoms with Gasteiger partial charge in [-0.2, -0.15) is 4.98 Å². The van der Waals surface area contributed by atoms with Crippen molar-refractivity contribution in [3.63, 3.8) is 0 Å². The van der Waals surface area contributed by atoms with Gasteiger partial charge in [-0.1, -0.05) is 6.07 Å². The van der Waals surface area contributed by atoms with Gasteiger partial charge in [0.2, 0.25) is 5.95 Å². The molecule has 0 spiro atoms. The molecule has 7 heteroatoms. The molecule has 1 aliphatic heterocycles. The molecule has 3 heterocycles. The molecule has 2 aromatic heterocycles. The SMILES string of the molecule is COCCCNc1nc(C)cc(N2CCN(c3ccccn3)CC2)n1. The summed E-state index contributed by atoms with van der Waals surface area (Å²) < 4.78 is 5.07. The highest BCUT2D eigenvalue weighted by molar-refractivity contribution is 5.48. The van der Waals surface area contributed by atoms with Gasteiger partial charge in [-0.05, 0) is 25.5 Å². The molecular weight excluding hydrogens is 316 g/mol. The number of anilines is 3. The zero-order chi connectivity index (χ0) is 17.5. The summed E-state index contributed by atoms with van der Waals surface area (Å²) >= 11 is 0. The molecular formula is C18H26N6O. The van der Waals surface area contributed by atoms with Crippen molar-refractivity contribution in [2.45, 2.75) is 13.3 Å². The average molecular weight is 342 g/mol. The summed E-state index contributed by atoms with van der Waals surface area (Å²) in [5.41, 5.74) is 0.978. The fourth-order valence-corrected chi connectivity index (χ4v) is 2.92. The molecule has 0 atom stereocenters. The number of piperazine rings is 1. The lowest BCUT2D eigenvalue weighted by molar-refractivity contribution is 0.197. The lowest BCUT2D eigenvalue weighted by Gasteiger charge is -2.36.